The summed E-state index contributed by atoms with van der Waals surface area (Å²) in [5.74, 6) is 0.228. The number of hydrogen-bond acceptors (Lipinski definition) is 1. The lowest BCUT2D eigenvalue weighted by Crippen LogP contribution is -2.34. The maximum Gasteiger partial charge on any atom is 0.142 e. The van der Waals surface area contributed by atoms with Gasteiger partial charge >= 0.3 is 0 Å². The fourth-order valence-corrected chi connectivity index (χ4v) is 2.39. The molecule has 96 valence electrons. The highest BCUT2D eigenvalue weighted by Crippen LogP contribution is 2.23. The molecule has 0 fully saturated rings. The fourth-order valence-electron chi connectivity index (χ4n) is 2.19. The maximum atomic E-state index is 13.3. The second kappa shape index (κ2) is 6.97. The second-order valence-corrected chi connectivity index (χ2v) is 4.96. The third-order valence-electron chi connectivity index (χ3n) is 3.27. The van der Waals surface area contributed by atoms with Gasteiger partial charge in [0.25, 0.3) is 0 Å². The Morgan fingerprint density at radius 1 is 1.41 bits per heavy atom. The van der Waals surface area contributed by atoms with Crippen LogP contribution in [0, 0.1) is 11.7 Å². The summed E-state index contributed by atoms with van der Waals surface area (Å²) >= 11 is 5.97. The van der Waals surface area contributed by atoms with Crippen LogP contribution in [0.3, 0.4) is 0 Å². The molecule has 0 amide bonds. The first-order chi connectivity index (χ1) is 8.10. The molecule has 0 aromatic heterocycles. The van der Waals surface area contributed by atoms with Crippen LogP contribution in [0.4, 0.5) is 4.39 Å². The van der Waals surface area contributed by atoms with Crippen LogP contribution in [0.2, 0.25) is 5.02 Å². The molecule has 0 saturated heterocycles. The maximum absolute atomic E-state index is 13.3. The van der Waals surface area contributed by atoms with E-state index in [2.05, 4.69) is 19.2 Å². The Hall–Kier alpha value is -0.600. The number of hydrogen-bond donors (Lipinski definition) is 1. The normalized spacial score (nSPS) is 14.6. The SMILES string of the molecule is CCCC(C)C(Cc1cccc(F)c1Cl)NC. The molecule has 0 aliphatic carbocycles. The van der Waals surface area contributed by atoms with Gasteiger partial charge in [0.15, 0.2) is 0 Å². The molecule has 0 heterocycles. The quantitative estimate of drug-likeness (QED) is 0.811. The number of benzene rings is 1. The first-order valence-electron chi connectivity index (χ1n) is 6.20. The van der Waals surface area contributed by atoms with Crippen molar-refractivity contribution in [3.63, 3.8) is 0 Å². The van der Waals surface area contributed by atoms with Crippen LogP contribution in [0.25, 0.3) is 0 Å². The number of nitrogens with one attached hydrogen (secondary N) is 1. The van der Waals surface area contributed by atoms with Crippen LogP contribution in [0.5, 0.6) is 0 Å². The molecule has 17 heavy (non-hydrogen) atoms. The summed E-state index contributed by atoms with van der Waals surface area (Å²) < 4.78 is 13.3. The highest BCUT2D eigenvalue weighted by Gasteiger charge is 2.17. The summed E-state index contributed by atoms with van der Waals surface area (Å²) in [6, 6.07) is 5.35. The van der Waals surface area contributed by atoms with E-state index in [9.17, 15) is 4.39 Å². The molecule has 1 N–H and O–H groups in total. The van der Waals surface area contributed by atoms with E-state index >= 15 is 0 Å². The largest absolute Gasteiger partial charge is 0.316 e. The van der Waals surface area contributed by atoms with Crippen LogP contribution in [0.1, 0.15) is 32.3 Å². The molecule has 0 aliphatic heterocycles. The molecule has 1 rings (SSSR count). The van der Waals surface area contributed by atoms with Crippen LogP contribution in [-0.2, 0) is 6.42 Å². The van der Waals surface area contributed by atoms with Gasteiger partial charge in [0.1, 0.15) is 5.82 Å². The van der Waals surface area contributed by atoms with Crippen molar-refractivity contribution < 1.29 is 4.39 Å². The van der Waals surface area contributed by atoms with Gasteiger partial charge in [0.2, 0.25) is 0 Å². The molecule has 0 saturated carbocycles. The van der Waals surface area contributed by atoms with Crippen molar-refractivity contribution >= 4 is 11.6 Å². The molecule has 0 aliphatic rings. The molecule has 2 unspecified atom stereocenters. The molecule has 1 nitrogen and oxygen atoms in total. The smallest absolute Gasteiger partial charge is 0.142 e. The summed E-state index contributed by atoms with van der Waals surface area (Å²) in [4.78, 5) is 0. The summed E-state index contributed by atoms with van der Waals surface area (Å²) in [5.41, 5.74) is 0.883. The lowest BCUT2D eigenvalue weighted by molar-refractivity contribution is 0.371. The Balaban J connectivity index is 2.77. The molecule has 0 bridgehead atoms. The molecule has 0 spiro atoms. The van der Waals surface area contributed by atoms with Crippen molar-refractivity contribution in [1.82, 2.24) is 5.32 Å². The Morgan fingerprint density at radius 3 is 2.71 bits per heavy atom. The number of halogens is 2. The highest BCUT2D eigenvalue weighted by molar-refractivity contribution is 6.31. The standard InChI is InChI=1S/C14H21ClFN/c1-4-6-10(2)13(17-3)9-11-7-5-8-12(16)14(11)15/h5,7-8,10,13,17H,4,6,9H2,1-3H3. The average molecular weight is 258 g/mol. The Kier molecular flexibility index (Phi) is 5.93. The molecule has 3 heteroatoms. The predicted octanol–water partition coefficient (Wildman–Crippen LogP) is 4.05. The van der Waals surface area contributed by atoms with E-state index in [1.807, 2.05) is 13.1 Å². The minimum absolute atomic E-state index is 0.261. The van der Waals surface area contributed by atoms with E-state index in [1.165, 1.54) is 12.5 Å². The Labute approximate surface area is 108 Å². The third kappa shape index (κ3) is 3.97. The van der Waals surface area contributed by atoms with Crippen molar-refractivity contribution in [2.75, 3.05) is 7.05 Å². The van der Waals surface area contributed by atoms with Crippen molar-refractivity contribution in [3.8, 4) is 0 Å². The van der Waals surface area contributed by atoms with E-state index in [1.54, 1.807) is 6.07 Å². The van der Waals surface area contributed by atoms with E-state index in [4.69, 9.17) is 11.6 Å². The summed E-state index contributed by atoms with van der Waals surface area (Å²) in [6.07, 6.45) is 3.10. The third-order valence-corrected chi connectivity index (χ3v) is 3.70. The van der Waals surface area contributed by atoms with Crippen LogP contribution < -0.4 is 5.32 Å². The zero-order valence-corrected chi connectivity index (χ0v) is 11.5. The molecule has 2 atom stereocenters. The molecular weight excluding hydrogens is 237 g/mol. The van der Waals surface area contributed by atoms with Gasteiger partial charge in [0.05, 0.1) is 5.02 Å². The van der Waals surface area contributed by atoms with E-state index in [0.29, 0.717) is 12.0 Å². The van der Waals surface area contributed by atoms with Crippen LogP contribution in [0.15, 0.2) is 18.2 Å². The molecule has 1 aromatic rings. The first-order valence-corrected chi connectivity index (χ1v) is 6.58. The summed E-state index contributed by atoms with van der Waals surface area (Å²) in [6.45, 7) is 4.40. The lowest BCUT2D eigenvalue weighted by atomic mass is 9.91. The average Bonchev–Trinajstić information content (AvgIpc) is 2.31. The van der Waals surface area contributed by atoms with Crippen molar-refractivity contribution in [3.05, 3.63) is 34.6 Å². The van der Waals surface area contributed by atoms with Gasteiger partial charge in [0, 0.05) is 6.04 Å². The predicted molar refractivity (Wildman–Crippen MR) is 72.0 cm³/mol. The molecular formula is C14H21ClFN. The monoisotopic (exact) mass is 257 g/mol. The fraction of sp³-hybridized carbons (Fsp3) is 0.571. The zero-order chi connectivity index (χ0) is 12.8. The first kappa shape index (κ1) is 14.5. The van der Waals surface area contributed by atoms with Gasteiger partial charge in [-0.25, -0.2) is 4.39 Å². The number of likely N-dealkylation sites (N-methyl/N-ethyl adjacent to an activating group) is 1. The molecule has 0 radical (unpaired) electrons. The minimum atomic E-state index is -0.331. The van der Waals surface area contributed by atoms with Crippen molar-refractivity contribution in [2.24, 2.45) is 5.92 Å². The second-order valence-electron chi connectivity index (χ2n) is 4.58. The lowest BCUT2D eigenvalue weighted by Gasteiger charge is -2.23. The van der Waals surface area contributed by atoms with Crippen molar-refractivity contribution in [2.45, 2.75) is 39.2 Å². The van der Waals surface area contributed by atoms with Gasteiger partial charge in [-0.05, 0) is 37.4 Å². The summed E-state index contributed by atoms with van der Waals surface area (Å²) in [5, 5.41) is 3.56. The van der Waals surface area contributed by atoms with Crippen LogP contribution in [-0.4, -0.2) is 13.1 Å². The summed E-state index contributed by atoms with van der Waals surface area (Å²) in [7, 11) is 1.95. The zero-order valence-electron chi connectivity index (χ0n) is 10.8. The number of rotatable bonds is 6. The topological polar surface area (TPSA) is 12.0 Å². The molecule has 1 aromatic carbocycles. The van der Waals surface area contributed by atoms with Gasteiger partial charge in [-0.1, -0.05) is 44.0 Å². The van der Waals surface area contributed by atoms with Gasteiger partial charge < -0.3 is 5.32 Å². The Morgan fingerprint density at radius 2 is 2.12 bits per heavy atom. The van der Waals surface area contributed by atoms with Crippen LogP contribution >= 0.6 is 11.6 Å². The van der Waals surface area contributed by atoms with Gasteiger partial charge in [-0.15, -0.1) is 0 Å². The minimum Gasteiger partial charge on any atom is -0.316 e. The highest BCUT2D eigenvalue weighted by atomic mass is 35.5. The van der Waals surface area contributed by atoms with Gasteiger partial charge in [-0.3, -0.25) is 0 Å². The van der Waals surface area contributed by atoms with Gasteiger partial charge in [-0.2, -0.15) is 0 Å². The van der Waals surface area contributed by atoms with E-state index in [-0.39, 0.29) is 10.8 Å². The van der Waals surface area contributed by atoms with E-state index in [0.717, 1.165) is 18.4 Å². The van der Waals surface area contributed by atoms with Crippen molar-refractivity contribution in [1.29, 1.82) is 0 Å². The van der Waals surface area contributed by atoms with E-state index < -0.39 is 0 Å². The Bertz CT molecular complexity index is 354.